The minimum absolute atomic E-state index is 0.0497. The molecule has 0 spiro atoms. The third-order valence-electron chi connectivity index (χ3n) is 6.02. The summed E-state index contributed by atoms with van der Waals surface area (Å²) in [6.45, 7) is 2.18. The number of hydrogen-bond donors (Lipinski definition) is 1. The molecule has 5 nitrogen and oxygen atoms in total. The zero-order valence-electron chi connectivity index (χ0n) is 12.9. The Kier molecular flexibility index (Phi) is 2.78. The van der Waals surface area contributed by atoms with Crippen molar-refractivity contribution in [2.24, 2.45) is 16.7 Å². The van der Waals surface area contributed by atoms with E-state index in [1.165, 1.54) is 0 Å². The number of carbonyl (C=O) groups excluding carboxylic acids is 3. The normalized spacial score (nSPS) is 39.3. The lowest BCUT2D eigenvalue weighted by Crippen LogP contribution is -2.56. The molecular weight excluding hydrogens is 296 g/mol. The SMILES string of the molecule is C[C@@]12CCC[C@]3(COC1=O)CC1=C(C=C[C@@H]32)C(O)=CC(=O)C1=O. The molecule has 0 radical (unpaired) electrons. The first-order valence-corrected chi connectivity index (χ1v) is 7.96. The Morgan fingerprint density at radius 3 is 2.83 bits per heavy atom. The molecule has 0 unspecified atom stereocenters. The third-order valence-corrected chi connectivity index (χ3v) is 6.02. The van der Waals surface area contributed by atoms with Gasteiger partial charge in [0, 0.05) is 28.6 Å². The quantitative estimate of drug-likeness (QED) is 0.421. The molecule has 2 bridgehead atoms. The summed E-state index contributed by atoms with van der Waals surface area (Å²) in [6, 6.07) is 0. The lowest BCUT2D eigenvalue weighted by molar-refractivity contribution is -0.189. The lowest BCUT2D eigenvalue weighted by atomic mass is 9.52. The molecule has 4 rings (SSSR count). The Morgan fingerprint density at radius 2 is 2.04 bits per heavy atom. The largest absolute Gasteiger partial charge is 0.507 e. The molecule has 0 aromatic carbocycles. The number of carbonyl (C=O) groups is 3. The summed E-state index contributed by atoms with van der Waals surface area (Å²) in [5.41, 5.74) is -0.188. The van der Waals surface area contributed by atoms with E-state index < -0.39 is 17.0 Å². The Hall–Kier alpha value is -2.17. The summed E-state index contributed by atoms with van der Waals surface area (Å²) in [5, 5.41) is 10.1. The summed E-state index contributed by atoms with van der Waals surface area (Å²) in [5.74, 6) is -1.64. The highest BCUT2D eigenvalue weighted by molar-refractivity contribution is 6.48. The standard InChI is InChI=1S/C18H18O5/c1-17-5-2-6-18(9-23-16(17)22)8-11-10(3-4-14(17)18)12(19)7-13(20)15(11)21/h3-4,7,14,19H,2,5-6,8-9H2,1H3/t14-,17+,18-/m1/s1. The Labute approximate surface area is 133 Å². The van der Waals surface area contributed by atoms with Crippen LogP contribution in [-0.4, -0.2) is 29.2 Å². The van der Waals surface area contributed by atoms with Crippen LogP contribution in [0.25, 0.3) is 0 Å². The van der Waals surface area contributed by atoms with Gasteiger partial charge in [-0.3, -0.25) is 14.4 Å². The van der Waals surface area contributed by atoms with Crippen molar-refractivity contribution < 1.29 is 24.2 Å². The van der Waals surface area contributed by atoms with E-state index in [1.807, 2.05) is 13.0 Å². The molecule has 1 heterocycles. The summed E-state index contributed by atoms with van der Waals surface area (Å²) < 4.78 is 5.46. The van der Waals surface area contributed by atoms with Gasteiger partial charge in [-0.1, -0.05) is 18.6 Å². The van der Waals surface area contributed by atoms with E-state index in [4.69, 9.17) is 4.74 Å². The van der Waals surface area contributed by atoms with E-state index in [9.17, 15) is 19.5 Å². The molecule has 3 aliphatic carbocycles. The molecule has 4 aliphatic rings. The van der Waals surface area contributed by atoms with Gasteiger partial charge in [-0.2, -0.15) is 0 Å². The number of hydrogen-bond acceptors (Lipinski definition) is 5. The Morgan fingerprint density at radius 1 is 1.26 bits per heavy atom. The van der Waals surface area contributed by atoms with Gasteiger partial charge in [-0.05, 0) is 26.2 Å². The van der Waals surface area contributed by atoms with Crippen LogP contribution in [0.5, 0.6) is 0 Å². The first-order valence-electron chi connectivity index (χ1n) is 7.96. The molecule has 1 N–H and O–H groups in total. The first-order chi connectivity index (χ1) is 10.9. The summed E-state index contributed by atoms with van der Waals surface area (Å²) in [6.07, 6.45) is 7.48. The van der Waals surface area contributed by atoms with E-state index in [2.05, 4.69) is 0 Å². The fourth-order valence-corrected chi connectivity index (χ4v) is 4.82. The van der Waals surface area contributed by atoms with Gasteiger partial charge in [-0.25, -0.2) is 0 Å². The molecule has 0 aromatic rings. The smallest absolute Gasteiger partial charge is 0.312 e. The van der Waals surface area contributed by atoms with E-state index >= 15 is 0 Å². The zero-order chi connectivity index (χ0) is 16.4. The lowest BCUT2D eigenvalue weighted by Gasteiger charge is -2.54. The molecular formula is C18H18O5. The van der Waals surface area contributed by atoms with Gasteiger partial charge in [0.25, 0.3) is 0 Å². The van der Waals surface area contributed by atoms with Crippen molar-refractivity contribution in [3.05, 3.63) is 35.1 Å². The number of cyclic esters (lactones) is 1. The van der Waals surface area contributed by atoms with Crippen LogP contribution >= 0.6 is 0 Å². The molecule has 2 fully saturated rings. The van der Waals surface area contributed by atoms with Crippen LogP contribution in [0.15, 0.2) is 35.1 Å². The van der Waals surface area contributed by atoms with Crippen molar-refractivity contribution in [1.82, 2.24) is 0 Å². The van der Waals surface area contributed by atoms with Crippen molar-refractivity contribution in [1.29, 1.82) is 0 Å². The van der Waals surface area contributed by atoms with Crippen LogP contribution in [0.2, 0.25) is 0 Å². The van der Waals surface area contributed by atoms with Crippen LogP contribution < -0.4 is 0 Å². The second-order valence-electron chi connectivity index (χ2n) is 7.34. The van der Waals surface area contributed by atoms with Crippen LogP contribution in [0.4, 0.5) is 0 Å². The maximum absolute atomic E-state index is 12.3. The first kappa shape index (κ1) is 14.4. The summed E-state index contributed by atoms with van der Waals surface area (Å²) in [7, 11) is 0. The second-order valence-corrected chi connectivity index (χ2v) is 7.34. The third kappa shape index (κ3) is 1.76. The van der Waals surface area contributed by atoms with Crippen LogP contribution in [0, 0.1) is 16.7 Å². The molecule has 5 heteroatoms. The molecule has 23 heavy (non-hydrogen) atoms. The summed E-state index contributed by atoms with van der Waals surface area (Å²) >= 11 is 0. The average molecular weight is 314 g/mol. The van der Waals surface area contributed by atoms with Crippen LogP contribution in [0.3, 0.4) is 0 Å². The van der Waals surface area contributed by atoms with Gasteiger partial charge in [-0.15, -0.1) is 0 Å². The van der Waals surface area contributed by atoms with Crippen molar-refractivity contribution >= 4 is 17.5 Å². The molecule has 0 aromatic heterocycles. The number of aliphatic hydroxyl groups excluding tert-OH is 1. The maximum atomic E-state index is 12.3. The van der Waals surface area contributed by atoms with Gasteiger partial charge in [0.05, 0.1) is 12.0 Å². The molecule has 1 saturated heterocycles. The van der Waals surface area contributed by atoms with Gasteiger partial charge >= 0.3 is 5.97 Å². The monoisotopic (exact) mass is 314 g/mol. The van der Waals surface area contributed by atoms with Gasteiger partial charge < -0.3 is 9.84 Å². The maximum Gasteiger partial charge on any atom is 0.312 e. The number of rotatable bonds is 0. The molecule has 1 saturated carbocycles. The van der Waals surface area contributed by atoms with Crippen molar-refractivity contribution in [2.75, 3.05) is 6.61 Å². The van der Waals surface area contributed by atoms with E-state index in [0.717, 1.165) is 25.3 Å². The second kappa shape index (κ2) is 4.43. The molecule has 0 amide bonds. The van der Waals surface area contributed by atoms with Crippen molar-refractivity contribution in [3.8, 4) is 0 Å². The van der Waals surface area contributed by atoms with E-state index in [-0.39, 0.29) is 29.7 Å². The van der Waals surface area contributed by atoms with Gasteiger partial charge in [0.1, 0.15) is 5.76 Å². The number of aliphatic hydroxyl groups is 1. The highest BCUT2D eigenvalue weighted by Gasteiger charge is 2.59. The fourth-order valence-electron chi connectivity index (χ4n) is 4.82. The predicted molar refractivity (Wildman–Crippen MR) is 80.3 cm³/mol. The van der Waals surface area contributed by atoms with Crippen molar-refractivity contribution in [3.63, 3.8) is 0 Å². The van der Waals surface area contributed by atoms with Gasteiger partial charge in [0.15, 0.2) is 0 Å². The molecule has 3 atom stereocenters. The number of ketones is 2. The zero-order valence-corrected chi connectivity index (χ0v) is 12.9. The number of ether oxygens (including phenoxy) is 1. The highest BCUT2D eigenvalue weighted by Crippen LogP contribution is 2.59. The van der Waals surface area contributed by atoms with Crippen molar-refractivity contribution in [2.45, 2.75) is 32.6 Å². The minimum atomic E-state index is -0.684. The fraction of sp³-hybridized carbons (Fsp3) is 0.500. The number of Topliss-reactive ketones (excluding diaryl/α,β-unsaturated/α-hetero) is 1. The Balaban J connectivity index is 1.87. The number of allylic oxidation sites excluding steroid dienone is 4. The average Bonchev–Trinajstić information content (AvgIpc) is 2.69. The summed E-state index contributed by atoms with van der Waals surface area (Å²) in [4.78, 5) is 36.5. The van der Waals surface area contributed by atoms with E-state index in [1.54, 1.807) is 6.08 Å². The topological polar surface area (TPSA) is 80.7 Å². The molecule has 120 valence electrons. The van der Waals surface area contributed by atoms with Crippen LogP contribution in [-0.2, 0) is 19.1 Å². The number of esters is 1. The van der Waals surface area contributed by atoms with Crippen LogP contribution in [0.1, 0.15) is 32.6 Å². The minimum Gasteiger partial charge on any atom is -0.507 e. The van der Waals surface area contributed by atoms with E-state index in [0.29, 0.717) is 17.6 Å². The predicted octanol–water partition coefficient (Wildman–Crippen LogP) is 2.19. The Bertz CT molecular complexity index is 741. The molecule has 1 aliphatic heterocycles. The highest BCUT2D eigenvalue weighted by atomic mass is 16.5. The van der Waals surface area contributed by atoms with Gasteiger partial charge in [0.2, 0.25) is 11.6 Å².